The number of hydrogen-bond acceptors (Lipinski definition) is 7. The molecule has 0 saturated heterocycles. The van der Waals surface area contributed by atoms with Crippen molar-refractivity contribution in [2.24, 2.45) is 0 Å². The summed E-state index contributed by atoms with van der Waals surface area (Å²) in [5.74, 6) is -1.74. The summed E-state index contributed by atoms with van der Waals surface area (Å²) in [4.78, 5) is 36.8. The Hall–Kier alpha value is -2.71. The normalized spacial score (nSPS) is 13.4. The van der Waals surface area contributed by atoms with Crippen molar-refractivity contribution in [2.45, 2.75) is 206 Å². The third kappa shape index (κ3) is 38.6. The zero-order valence-electron chi connectivity index (χ0n) is 37.5. The molecule has 0 heterocycles. The van der Waals surface area contributed by atoms with E-state index in [4.69, 9.17) is 14.2 Å². The van der Waals surface area contributed by atoms with E-state index in [0.29, 0.717) is 12.8 Å². The second kappa shape index (κ2) is 40.1. The van der Waals surface area contributed by atoms with Crippen molar-refractivity contribution in [1.82, 2.24) is 0 Å². The van der Waals surface area contributed by atoms with Gasteiger partial charge in [0.05, 0.1) is 40.3 Å². The van der Waals surface area contributed by atoms with Crippen molar-refractivity contribution in [3.8, 4) is 0 Å². The summed E-state index contributed by atoms with van der Waals surface area (Å²) >= 11 is 0. The van der Waals surface area contributed by atoms with E-state index in [9.17, 15) is 19.5 Å². The lowest BCUT2D eigenvalue weighted by Crippen LogP contribution is -2.55. The fourth-order valence-corrected chi connectivity index (χ4v) is 6.65. The highest BCUT2D eigenvalue weighted by molar-refractivity contribution is 5.70. The molecule has 0 aliphatic carbocycles. The third-order valence-corrected chi connectivity index (χ3v) is 10.2. The van der Waals surface area contributed by atoms with Crippen LogP contribution in [0.1, 0.15) is 194 Å². The topological polar surface area (TPSA) is 102 Å². The number of carbonyl (C=O) groups excluding carboxylic acids is 3. The van der Waals surface area contributed by atoms with Crippen LogP contribution in [0.15, 0.2) is 48.6 Å². The third-order valence-electron chi connectivity index (χ3n) is 10.2. The Morgan fingerprint density at radius 3 is 1.46 bits per heavy atom. The van der Waals surface area contributed by atoms with E-state index in [1.165, 1.54) is 96.3 Å². The number of unbranched alkanes of at least 4 members (excludes halogenated alkanes) is 19. The quantitative estimate of drug-likeness (QED) is 0.0262. The Labute approximate surface area is 350 Å². The van der Waals surface area contributed by atoms with Gasteiger partial charge < -0.3 is 28.6 Å². The molecule has 8 nitrogen and oxygen atoms in total. The Morgan fingerprint density at radius 2 is 0.982 bits per heavy atom. The van der Waals surface area contributed by atoms with E-state index >= 15 is 0 Å². The van der Waals surface area contributed by atoms with Crippen molar-refractivity contribution in [3.05, 3.63) is 48.6 Å². The lowest BCUT2D eigenvalue weighted by molar-refractivity contribution is -0.889. The molecule has 0 aromatic heterocycles. The number of quaternary nitrogens is 1. The fourth-order valence-electron chi connectivity index (χ4n) is 6.65. The molecule has 0 aliphatic rings. The number of carbonyl (C=O) groups is 3. The van der Waals surface area contributed by atoms with Gasteiger partial charge in [0.2, 0.25) is 0 Å². The highest BCUT2D eigenvalue weighted by atomic mass is 16.6. The average Bonchev–Trinajstić information content (AvgIpc) is 3.17. The molecule has 0 fully saturated rings. The predicted molar refractivity (Wildman–Crippen MR) is 236 cm³/mol. The van der Waals surface area contributed by atoms with E-state index in [-0.39, 0.29) is 42.7 Å². The smallest absolute Gasteiger partial charge is 0.306 e. The second-order valence-corrected chi connectivity index (χ2v) is 16.6. The molecule has 0 aromatic rings. The van der Waals surface area contributed by atoms with Gasteiger partial charge in [-0.2, -0.15) is 0 Å². The number of rotatable bonds is 41. The molecule has 0 amide bonds. The highest BCUT2D eigenvalue weighted by Crippen LogP contribution is 2.15. The first-order chi connectivity index (χ1) is 27.6. The Morgan fingerprint density at radius 1 is 0.544 bits per heavy atom. The van der Waals surface area contributed by atoms with Crippen LogP contribution in [0.4, 0.5) is 0 Å². The SMILES string of the molecule is CC/C=C/C/C=C/C/C=C/C/C=C/CCCCCCCCCCCCC(=O)OC(COCCC(C(=O)[O-])[N+](C)(C)C)COC(=O)CCCCCCCCCCCC. The van der Waals surface area contributed by atoms with Crippen molar-refractivity contribution < 1.29 is 38.2 Å². The predicted octanol–water partition coefficient (Wildman–Crippen LogP) is 11.5. The maximum atomic E-state index is 12.7. The molecular weight excluding hydrogens is 715 g/mol. The maximum Gasteiger partial charge on any atom is 0.306 e. The molecule has 2 atom stereocenters. The van der Waals surface area contributed by atoms with Gasteiger partial charge in [-0.05, 0) is 51.4 Å². The van der Waals surface area contributed by atoms with Crippen LogP contribution in [0.2, 0.25) is 0 Å². The summed E-state index contributed by atoms with van der Waals surface area (Å²) in [5.41, 5.74) is 0. The minimum Gasteiger partial charge on any atom is -0.544 e. The highest BCUT2D eigenvalue weighted by Gasteiger charge is 2.25. The Balaban J connectivity index is 4.22. The van der Waals surface area contributed by atoms with Crippen molar-refractivity contribution in [1.29, 1.82) is 0 Å². The number of hydrogen-bond donors (Lipinski definition) is 0. The van der Waals surface area contributed by atoms with Crippen molar-refractivity contribution in [2.75, 3.05) is 41.0 Å². The summed E-state index contributed by atoms with van der Waals surface area (Å²) in [6, 6.07) is -0.725. The van der Waals surface area contributed by atoms with Crippen LogP contribution in [0.3, 0.4) is 0 Å². The summed E-state index contributed by atoms with van der Waals surface area (Å²) in [6.45, 7) is 4.54. The van der Waals surface area contributed by atoms with Gasteiger partial charge in [-0.25, -0.2) is 0 Å². The van der Waals surface area contributed by atoms with Gasteiger partial charge >= 0.3 is 11.9 Å². The fraction of sp³-hybridized carbons (Fsp3) is 0.776. The first kappa shape index (κ1) is 54.3. The number of carboxylic acid groups (broad SMARTS) is 1. The molecule has 330 valence electrons. The van der Waals surface area contributed by atoms with Crippen LogP contribution in [0.25, 0.3) is 0 Å². The molecule has 0 aromatic carbocycles. The molecule has 0 aliphatic heterocycles. The van der Waals surface area contributed by atoms with Gasteiger partial charge in [0.15, 0.2) is 6.10 Å². The minimum atomic E-state index is -1.13. The van der Waals surface area contributed by atoms with E-state index < -0.39 is 18.1 Å². The molecule has 0 bridgehead atoms. The average molecular weight is 802 g/mol. The van der Waals surface area contributed by atoms with E-state index in [1.807, 2.05) is 0 Å². The zero-order valence-corrected chi connectivity index (χ0v) is 37.5. The minimum absolute atomic E-state index is 0.0403. The van der Waals surface area contributed by atoms with Gasteiger partial charge in [-0.15, -0.1) is 0 Å². The summed E-state index contributed by atoms with van der Waals surface area (Å²) in [5, 5.41) is 11.6. The molecular formula is C49H87NO7. The number of carboxylic acids is 1. The number of ether oxygens (including phenoxy) is 3. The molecule has 0 N–H and O–H groups in total. The maximum absolute atomic E-state index is 12.7. The van der Waals surface area contributed by atoms with Gasteiger partial charge in [0, 0.05) is 19.3 Å². The number of nitrogens with zero attached hydrogens (tertiary/aromatic N) is 1. The van der Waals surface area contributed by atoms with Gasteiger partial charge in [0.1, 0.15) is 12.6 Å². The lowest BCUT2D eigenvalue weighted by atomic mass is 10.0. The first-order valence-electron chi connectivity index (χ1n) is 23.2. The largest absolute Gasteiger partial charge is 0.544 e. The Bertz CT molecular complexity index is 1070. The van der Waals surface area contributed by atoms with Crippen LogP contribution in [-0.4, -0.2) is 75.5 Å². The van der Waals surface area contributed by atoms with Gasteiger partial charge in [-0.3, -0.25) is 9.59 Å². The molecule has 0 rings (SSSR count). The zero-order chi connectivity index (χ0) is 42.1. The number of allylic oxidation sites excluding steroid dienone is 8. The standard InChI is InChI=1S/C49H87NO7/c1-6-8-10-12-14-16-18-19-20-21-22-23-24-25-26-27-28-29-30-32-34-36-38-40-48(52)57-45(43-55-42-41-46(49(53)54)50(3,4)5)44-56-47(51)39-37-35-33-31-17-15-13-11-9-7-2/h8,10,14,16,19-20,22-23,45-46H,6-7,9,11-13,15,17-18,21,24-44H2,1-5H3/b10-8+,16-14+,20-19+,23-22+. The summed E-state index contributed by atoms with van der Waals surface area (Å²) < 4.78 is 17.2. The molecule has 0 saturated carbocycles. The molecule has 8 heteroatoms. The van der Waals surface area contributed by atoms with E-state index in [1.54, 1.807) is 21.1 Å². The lowest BCUT2D eigenvalue weighted by Gasteiger charge is -2.34. The first-order valence-corrected chi connectivity index (χ1v) is 23.2. The molecule has 0 radical (unpaired) electrons. The van der Waals surface area contributed by atoms with E-state index in [0.717, 1.165) is 64.2 Å². The van der Waals surface area contributed by atoms with Crippen molar-refractivity contribution >= 4 is 17.9 Å². The van der Waals surface area contributed by atoms with E-state index in [2.05, 4.69) is 62.5 Å². The molecule has 57 heavy (non-hydrogen) atoms. The molecule has 0 spiro atoms. The number of likely N-dealkylation sites (N-methyl/N-ethyl adjacent to an activating group) is 1. The monoisotopic (exact) mass is 802 g/mol. The Kier molecular flexibility index (Phi) is 38.2. The van der Waals surface area contributed by atoms with Crippen molar-refractivity contribution in [3.63, 3.8) is 0 Å². The second-order valence-electron chi connectivity index (χ2n) is 16.6. The molecule has 2 unspecified atom stereocenters. The van der Waals surface area contributed by atoms with Crippen LogP contribution in [0, 0.1) is 0 Å². The van der Waals surface area contributed by atoms with Gasteiger partial charge in [-0.1, -0.05) is 172 Å². The van der Waals surface area contributed by atoms with Crippen LogP contribution >= 0.6 is 0 Å². The summed E-state index contributed by atoms with van der Waals surface area (Å²) in [7, 11) is 5.41. The van der Waals surface area contributed by atoms with Gasteiger partial charge in [0.25, 0.3) is 0 Å². The number of aliphatic carboxylic acids is 1. The van der Waals surface area contributed by atoms with Crippen LogP contribution < -0.4 is 5.11 Å². The number of esters is 2. The van der Waals surface area contributed by atoms with Crippen LogP contribution in [-0.2, 0) is 28.6 Å². The van der Waals surface area contributed by atoms with Crippen LogP contribution in [0.5, 0.6) is 0 Å². The summed E-state index contributed by atoms with van der Waals surface area (Å²) in [6.07, 6.45) is 47.1.